The fourth-order valence-electron chi connectivity index (χ4n) is 2.50. The van der Waals surface area contributed by atoms with Crippen molar-refractivity contribution in [1.29, 1.82) is 0 Å². The first kappa shape index (κ1) is 19.7. The van der Waals surface area contributed by atoms with Gasteiger partial charge in [0, 0.05) is 30.6 Å². The Morgan fingerprint density at radius 3 is 2.79 bits per heavy atom. The summed E-state index contributed by atoms with van der Waals surface area (Å²) in [5.41, 5.74) is 1.88. The number of thioether (sulfide) groups is 1. The molecule has 0 saturated heterocycles. The standard InChI is InChI=1S/C21H21N3O3S/c25-19(9-4-12-23-21(26)18-8-5-13-27-18)24-17-7-3-6-16(14-17)15-28-20-10-1-2-11-22-20/h1-3,5-8,10-11,13-14H,4,9,12,15H2,(H,23,26)(H,24,25). The highest BCUT2D eigenvalue weighted by atomic mass is 32.2. The maximum atomic E-state index is 12.1. The molecule has 0 unspecified atom stereocenters. The molecular weight excluding hydrogens is 374 g/mol. The van der Waals surface area contributed by atoms with Crippen LogP contribution < -0.4 is 10.6 Å². The van der Waals surface area contributed by atoms with Gasteiger partial charge in [0.15, 0.2) is 5.76 Å². The van der Waals surface area contributed by atoms with Crippen LogP contribution in [0.2, 0.25) is 0 Å². The summed E-state index contributed by atoms with van der Waals surface area (Å²) in [5.74, 6) is 0.689. The van der Waals surface area contributed by atoms with Crippen LogP contribution in [-0.4, -0.2) is 23.3 Å². The van der Waals surface area contributed by atoms with Crippen molar-refractivity contribution in [2.45, 2.75) is 23.6 Å². The average molecular weight is 395 g/mol. The first-order chi connectivity index (χ1) is 13.7. The molecule has 3 aromatic rings. The van der Waals surface area contributed by atoms with Gasteiger partial charge in [-0.05, 0) is 48.4 Å². The van der Waals surface area contributed by atoms with Crippen LogP contribution in [0, 0.1) is 0 Å². The van der Waals surface area contributed by atoms with Crippen molar-refractivity contribution in [3.05, 3.63) is 78.4 Å². The molecule has 0 saturated carbocycles. The number of nitrogens with zero attached hydrogens (tertiary/aromatic N) is 1. The summed E-state index contributed by atoms with van der Waals surface area (Å²) in [7, 11) is 0. The lowest BCUT2D eigenvalue weighted by Crippen LogP contribution is -2.25. The Hall–Kier alpha value is -3.06. The van der Waals surface area contributed by atoms with Crippen LogP contribution in [-0.2, 0) is 10.5 Å². The number of anilines is 1. The molecule has 0 spiro atoms. The second-order valence-electron chi connectivity index (χ2n) is 6.04. The third kappa shape index (κ3) is 6.28. The zero-order valence-electron chi connectivity index (χ0n) is 15.3. The molecule has 7 heteroatoms. The summed E-state index contributed by atoms with van der Waals surface area (Å²) in [5, 5.41) is 6.59. The van der Waals surface area contributed by atoms with Gasteiger partial charge in [0.05, 0.1) is 11.3 Å². The summed E-state index contributed by atoms with van der Waals surface area (Å²) in [6, 6.07) is 16.9. The minimum Gasteiger partial charge on any atom is -0.459 e. The topological polar surface area (TPSA) is 84.2 Å². The Balaban J connectivity index is 1.39. The van der Waals surface area contributed by atoms with Crippen molar-refractivity contribution in [3.63, 3.8) is 0 Å². The van der Waals surface area contributed by atoms with Crippen molar-refractivity contribution in [2.75, 3.05) is 11.9 Å². The first-order valence-corrected chi connectivity index (χ1v) is 9.93. The minimum atomic E-state index is -0.275. The molecule has 2 aromatic heterocycles. The molecule has 0 atom stereocenters. The van der Waals surface area contributed by atoms with E-state index in [0.717, 1.165) is 22.0 Å². The molecule has 3 rings (SSSR count). The van der Waals surface area contributed by atoms with Crippen molar-refractivity contribution in [1.82, 2.24) is 10.3 Å². The summed E-state index contributed by atoms with van der Waals surface area (Å²) in [6.07, 6.45) is 4.10. The molecule has 2 N–H and O–H groups in total. The van der Waals surface area contributed by atoms with E-state index in [9.17, 15) is 9.59 Å². The van der Waals surface area contributed by atoms with Crippen LogP contribution >= 0.6 is 11.8 Å². The first-order valence-electron chi connectivity index (χ1n) is 8.95. The van der Waals surface area contributed by atoms with Gasteiger partial charge in [0.25, 0.3) is 5.91 Å². The van der Waals surface area contributed by atoms with Gasteiger partial charge >= 0.3 is 0 Å². The van der Waals surface area contributed by atoms with Gasteiger partial charge in [-0.3, -0.25) is 9.59 Å². The number of hydrogen-bond acceptors (Lipinski definition) is 5. The zero-order valence-corrected chi connectivity index (χ0v) is 16.1. The Bertz CT molecular complexity index is 898. The number of rotatable bonds is 9. The lowest BCUT2D eigenvalue weighted by Gasteiger charge is -2.08. The number of aromatic nitrogens is 1. The normalized spacial score (nSPS) is 10.4. The monoisotopic (exact) mass is 395 g/mol. The predicted octanol–water partition coefficient (Wildman–Crippen LogP) is 4.12. The number of hydrogen-bond donors (Lipinski definition) is 2. The van der Waals surface area contributed by atoms with Crippen LogP contribution in [0.4, 0.5) is 5.69 Å². The second-order valence-corrected chi connectivity index (χ2v) is 7.04. The molecule has 0 aliphatic rings. The number of furan rings is 1. The molecule has 0 bridgehead atoms. The molecule has 0 fully saturated rings. The van der Waals surface area contributed by atoms with Crippen LogP contribution in [0.1, 0.15) is 29.0 Å². The lowest BCUT2D eigenvalue weighted by molar-refractivity contribution is -0.116. The van der Waals surface area contributed by atoms with E-state index >= 15 is 0 Å². The van der Waals surface area contributed by atoms with E-state index in [4.69, 9.17) is 4.42 Å². The third-order valence-corrected chi connectivity index (χ3v) is 4.86. The Kier molecular flexibility index (Phi) is 7.26. The van der Waals surface area contributed by atoms with E-state index in [-0.39, 0.29) is 17.6 Å². The molecule has 2 heterocycles. The maximum Gasteiger partial charge on any atom is 0.286 e. The molecule has 0 aliphatic heterocycles. The molecule has 6 nitrogen and oxygen atoms in total. The van der Waals surface area contributed by atoms with Gasteiger partial charge in [-0.1, -0.05) is 18.2 Å². The molecule has 1 aromatic carbocycles. The van der Waals surface area contributed by atoms with Crippen LogP contribution in [0.5, 0.6) is 0 Å². The summed E-state index contributed by atoms with van der Waals surface area (Å²) in [4.78, 5) is 28.1. The molecule has 0 radical (unpaired) electrons. The molecule has 144 valence electrons. The quantitative estimate of drug-likeness (QED) is 0.421. The second kappa shape index (κ2) is 10.3. The van der Waals surface area contributed by atoms with Gasteiger partial charge in [-0.15, -0.1) is 11.8 Å². The number of carbonyl (C=O) groups excluding carboxylic acids is 2. The fraction of sp³-hybridized carbons (Fsp3) is 0.190. The van der Waals surface area contributed by atoms with Gasteiger partial charge in [-0.25, -0.2) is 4.98 Å². The highest BCUT2D eigenvalue weighted by Gasteiger charge is 2.08. The van der Waals surface area contributed by atoms with E-state index in [1.807, 2.05) is 42.5 Å². The van der Waals surface area contributed by atoms with E-state index in [2.05, 4.69) is 15.6 Å². The fourth-order valence-corrected chi connectivity index (χ4v) is 3.30. The van der Waals surface area contributed by atoms with Crippen molar-refractivity contribution >= 4 is 29.3 Å². The number of pyridine rings is 1. The van der Waals surface area contributed by atoms with Gasteiger partial charge in [0.1, 0.15) is 0 Å². The zero-order chi connectivity index (χ0) is 19.6. The maximum absolute atomic E-state index is 12.1. The summed E-state index contributed by atoms with van der Waals surface area (Å²) >= 11 is 1.65. The highest BCUT2D eigenvalue weighted by Crippen LogP contribution is 2.22. The third-order valence-electron chi connectivity index (χ3n) is 3.85. The smallest absolute Gasteiger partial charge is 0.286 e. The highest BCUT2D eigenvalue weighted by molar-refractivity contribution is 7.98. The van der Waals surface area contributed by atoms with Gasteiger partial charge < -0.3 is 15.1 Å². The van der Waals surface area contributed by atoms with E-state index < -0.39 is 0 Å². The SMILES string of the molecule is O=C(CCCNC(=O)c1ccco1)Nc1cccc(CSc2ccccn2)c1. The minimum absolute atomic E-state index is 0.0817. The van der Waals surface area contributed by atoms with Gasteiger partial charge in [0.2, 0.25) is 5.91 Å². The average Bonchev–Trinajstić information content (AvgIpc) is 3.26. The van der Waals surface area contributed by atoms with Crippen molar-refractivity contribution < 1.29 is 14.0 Å². The molecule has 2 amide bonds. The number of nitrogens with one attached hydrogen (secondary N) is 2. The lowest BCUT2D eigenvalue weighted by atomic mass is 10.2. The summed E-state index contributed by atoms with van der Waals surface area (Å²) in [6.45, 7) is 0.410. The predicted molar refractivity (Wildman–Crippen MR) is 109 cm³/mol. The Morgan fingerprint density at radius 2 is 2.00 bits per heavy atom. The number of benzene rings is 1. The van der Waals surface area contributed by atoms with Crippen LogP contribution in [0.25, 0.3) is 0 Å². The Labute approximate surface area is 167 Å². The number of carbonyl (C=O) groups is 2. The summed E-state index contributed by atoms with van der Waals surface area (Å²) < 4.78 is 5.01. The van der Waals surface area contributed by atoms with E-state index in [1.165, 1.54) is 6.26 Å². The Morgan fingerprint density at radius 1 is 1.07 bits per heavy atom. The van der Waals surface area contributed by atoms with Crippen LogP contribution in [0.15, 0.2) is 76.5 Å². The largest absolute Gasteiger partial charge is 0.459 e. The molecular formula is C21H21N3O3S. The number of amides is 2. The van der Waals surface area contributed by atoms with Crippen molar-refractivity contribution in [3.8, 4) is 0 Å². The van der Waals surface area contributed by atoms with Crippen molar-refractivity contribution in [2.24, 2.45) is 0 Å². The van der Waals surface area contributed by atoms with E-state index in [1.54, 1.807) is 30.1 Å². The van der Waals surface area contributed by atoms with Crippen LogP contribution in [0.3, 0.4) is 0 Å². The molecule has 28 heavy (non-hydrogen) atoms. The van der Waals surface area contributed by atoms with E-state index in [0.29, 0.717) is 19.4 Å². The van der Waals surface area contributed by atoms with Gasteiger partial charge in [-0.2, -0.15) is 0 Å². The molecule has 0 aliphatic carbocycles.